The van der Waals surface area contributed by atoms with Gasteiger partial charge in [0.25, 0.3) is 11.8 Å². The summed E-state index contributed by atoms with van der Waals surface area (Å²) in [5.74, 6) is -3.01. The lowest BCUT2D eigenvalue weighted by atomic mass is 9.71. The van der Waals surface area contributed by atoms with E-state index in [9.17, 15) is 29.1 Å². The Bertz CT molecular complexity index is 3140. The number of nitrogens with one attached hydrogen (secondary N) is 3. The zero-order chi connectivity index (χ0) is 52.5. The van der Waals surface area contributed by atoms with Crippen LogP contribution in [0.15, 0.2) is 85.2 Å². The molecule has 0 bridgehead atoms. The number of carbonyl (C=O) groups excluding carboxylic acids is 5. The van der Waals surface area contributed by atoms with Crippen LogP contribution < -0.4 is 30.9 Å². The second kappa shape index (κ2) is 21.1. The predicted molar refractivity (Wildman–Crippen MR) is 275 cm³/mol. The number of benzene rings is 4. The number of anilines is 2. The molecule has 3 aliphatic heterocycles. The summed E-state index contributed by atoms with van der Waals surface area (Å²) < 4.78 is 36.8. The van der Waals surface area contributed by atoms with E-state index in [-0.39, 0.29) is 53.6 Å². The number of carbonyl (C=O) groups is 5. The summed E-state index contributed by atoms with van der Waals surface area (Å²) in [5, 5.41) is 15.9. The van der Waals surface area contributed by atoms with E-state index in [0.717, 1.165) is 80.0 Å². The maximum Gasteiger partial charge on any atom is 0.328 e. The number of halogens is 2. The number of piperidine rings is 2. The first kappa shape index (κ1) is 51.3. The molecule has 386 valence electrons. The molecule has 2 aromatic heterocycles. The average Bonchev–Trinajstić information content (AvgIpc) is 3.84. The number of urea groups is 1. The first-order valence-corrected chi connectivity index (χ1v) is 24.8. The van der Waals surface area contributed by atoms with Crippen molar-refractivity contribution in [3.8, 4) is 28.3 Å². The van der Waals surface area contributed by atoms with Gasteiger partial charge in [-0.15, -0.1) is 0 Å². The molecule has 0 radical (unpaired) electrons. The molecule has 1 spiro atoms. The first-order valence-electron chi connectivity index (χ1n) is 24.8. The van der Waals surface area contributed by atoms with Gasteiger partial charge in [-0.1, -0.05) is 30.3 Å². The number of aliphatic hydroxyl groups is 1. The molecule has 9 rings (SSSR count). The number of nitrogens with two attached hydrogens (primary N) is 1. The van der Waals surface area contributed by atoms with Crippen LogP contribution in [0, 0.1) is 24.0 Å². The molecule has 0 saturated carbocycles. The monoisotopic (exact) mass is 1010 g/mol. The Hall–Kier alpha value is -7.61. The Kier molecular flexibility index (Phi) is 14.6. The largest absolute Gasteiger partial charge is 0.495 e. The first-order chi connectivity index (χ1) is 35.4. The molecule has 0 atom stereocenters. The molecule has 19 heteroatoms. The van der Waals surface area contributed by atoms with Crippen LogP contribution >= 0.6 is 0 Å². The van der Waals surface area contributed by atoms with Crippen molar-refractivity contribution in [3.63, 3.8) is 0 Å². The number of hydrogen-bond acceptors (Lipinski definition) is 11. The second-order valence-electron chi connectivity index (χ2n) is 19.9. The fourth-order valence-corrected chi connectivity index (χ4v) is 10.3. The van der Waals surface area contributed by atoms with Crippen LogP contribution in [-0.2, 0) is 21.6 Å². The lowest BCUT2D eigenvalue weighted by Crippen LogP contribution is -2.50. The van der Waals surface area contributed by atoms with Crippen LogP contribution in [0.25, 0.3) is 33.5 Å². The van der Waals surface area contributed by atoms with Crippen molar-refractivity contribution in [1.82, 2.24) is 35.4 Å². The zero-order valence-corrected chi connectivity index (χ0v) is 41.9. The Balaban J connectivity index is 0.832. The number of aromatic amines is 1. The minimum Gasteiger partial charge on any atom is -0.495 e. The van der Waals surface area contributed by atoms with Crippen molar-refractivity contribution >= 4 is 52.1 Å². The number of rotatable bonds is 14. The van der Waals surface area contributed by atoms with E-state index in [2.05, 4.69) is 42.6 Å². The summed E-state index contributed by atoms with van der Waals surface area (Å²) in [6, 6.07) is 21.0. The summed E-state index contributed by atoms with van der Waals surface area (Å²) in [6.45, 7) is 8.25. The molecule has 5 heterocycles. The number of methoxy groups -OCH3 is 1. The third kappa shape index (κ3) is 10.7. The van der Waals surface area contributed by atoms with Crippen molar-refractivity contribution in [3.05, 3.63) is 125 Å². The maximum atomic E-state index is 15.8. The number of nitrogens with zero attached hydrogens (tertiary/aromatic N) is 6. The average molecular weight is 1010 g/mol. The van der Waals surface area contributed by atoms with E-state index in [1.165, 1.54) is 55.9 Å². The number of fused-ring (bicyclic) bond motifs is 1. The van der Waals surface area contributed by atoms with Crippen LogP contribution in [0.4, 0.5) is 25.0 Å². The summed E-state index contributed by atoms with van der Waals surface area (Å²) in [6.07, 6.45) is 6.38. The Morgan fingerprint density at radius 3 is 2.32 bits per heavy atom. The van der Waals surface area contributed by atoms with E-state index < -0.39 is 41.7 Å². The Morgan fingerprint density at radius 1 is 0.919 bits per heavy atom. The van der Waals surface area contributed by atoms with E-state index in [1.54, 1.807) is 25.1 Å². The van der Waals surface area contributed by atoms with Crippen molar-refractivity contribution in [2.75, 3.05) is 69.4 Å². The van der Waals surface area contributed by atoms with Gasteiger partial charge in [0.15, 0.2) is 0 Å². The molecule has 0 aliphatic carbocycles. The number of hydrogen-bond donors (Lipinski definition) is 5. The van der Waals surface area contributed by atoms with Crippen LogP contribution in [0.5, 0.6) is 5.75 Å². The number of likely N-dealkylation sites (tertiary alicyclic amines) is 2. The van der Waals surface area contributed by atoms with Gasteiger partial charge in [0, 0.05) is 54.8 Å². The number of amides is 6. The standard InChI is InChI=1S/C55H60F2N10O7/c1-33-40(27-38(56)28-44(33)67(32-61-48(69)30-58)52(71)39-11-10-37(26-42(39)57)54(2,3)73)49-41-29-43(62-50(41)60-31-59-49)35-7-5-34(6-8-35)13-19-64-21-15-55(16-22-64)17-23-65(24-18-55)51(70)36-9-12-46(74-4)45(25-36)66-20-14-47(68)63-53(66)72/h5-12,25-29,31,73H,13-24,30,32,58H2,1-4H3,(H,61,69)(H,59,60,62)(H,63,68,72). The molecule has 4 aromatic carbocycles. The topological polar surface area (TPSA) is 219 Å². The van der Waals surface area contributed by atoms with E-state index in [4.69, 9.17) is 10.5 Å². The van der Waals surface area contributed by atoms with Crippen molar-refractivity contribution in [2.45, 2.75) is 64.9 Å². The molecule has 3 saturated heterocycles. The molecular formula is C55H60F2N10O7. The Morgan fingerprint density at radius 2 is 1.65 bits per heavy atom. The number of ether oxygens (including phenoxy) is 1. The molecule has 17 nitrogen and oxygen atoms in total. The van der Waals surface area contributed by atoms with Gasteiger partial charge >= 0.3 is 6.03 Å². The highest BCUT2D eigenvalue weighted by Crippen LogP contribution is 2.42. The van der Waals surface area contributed by atoms with Gasteiger partial charge in [-0.2, -0.15) is 0 Å². The van der Waals surface area contributed by atoms with Gasteiger partial charge in [-0.3, -0.25) is 34.3 Å². The molecule has 6 aromatic rings. The molecular weight excluding hydrogens is 951 g/mol. The fraction of sp³-hybridized carbons (Fsp3) is 0.364. The smallest absolute Gasteiger partial charge is 0.328 e. The van der Waals surface area contributed by atoms with Gasteiger partial charge in [-0.25, -0.2) is 23.5 Å². The molecule has 6 amide bonds. The van der Waals surface area contributed by atoms with E-state index >= 15 is 8.78 Å². The minimum absolute atomic E-state index is 0.0692. The zero-order valence-electron chi connectivity index (χ0n) is 41.9. The van der Waals surface area contributed by atoms with Crippen LogP contribution in [0.3, 0.4) is 0 Å². The minimum atomic E-state index is -1.37. The van der Waals surface area contributed by atoms with Crippen LogP contribution in [0.2, 0.25) is 0 Å². The summed E-state index contributed by atoms with van der Waals surface area (Å²) in [4.78, 5) is 83.9. The molecule has 3 fully saturated rings. The van der Waals surface area contributed by atoms with Crippen LogP contribution in [-0.4, -0.2) is 119 Å². The Labute approximate surface area is 427 Å². The van der Waals surface area contributed by atoms with Gasteiger partial charge in [0.05, 0.1) is 48.6 Å². The summed E-state index contributed by atoms with van der Waals surface area (Å²) >= 11 is 0. The molecule has 74 heavy (non-hydrogen) atoms. The van der Waals surface area contributed by atoms with E-state index in [1.807, 2.05) is 23.1 Å². The predicted octanol–water partition coefficient (Wildman–Crippen LogP) is 6.80. The van der Waals surface area contributed by atoms with Crippen molar-refractivity contribution in [1.29, 1.82) is 0 Å². The molecule has 0 unspecified atom stereocenters. The highest BCUT2D eigenvalue weighted by atomic mass is 19.1. The number of H-pyrrole nitrogens is 1. The third-order valence-electron chi connectivity index (χ3n) is 14.9. The normalized spacial score (nSPS) is 16.1. The quantitative estimate of drug-likeness (QED) is 0.0715. The maximum absolute atomic E-state index is 15.8. The highest BCUT2D eigenvalue weighted by molar-refractivity contribution is 6.08. The number of aromatic nitrogens is 3. The van der Waals surface area contributed by atoms with Crippen LogP contribution in [0.1, 0.15) is 83.4 Å². The van der Waals surface area contributed by atoms with Gasteiger partial charge in [-0.05, 0) is 142 Å². The fourth-order valence-electron chi connectivity index (χ4n) is 10.3. The van der Waals surface area contributed by atoms with Gasteiger partial charge < -0.3 is 35.7 Å². The highest BCUT2D eigenvalue weighted by Gasteiger charge is 2.39. The summed E-state index contributed by atoms with van der Waals surface area (Å²) in [5.41, 5.74) is 9.79. The lowest BCUT2D eigenvalue weighted by Gasteiger charge is -2.47. The number of imide groups is 1. The molecule has 6 N–H and O–H groups in total. The lowest BCUT2D eigenvalue weighted by molar-refractivity contribution is -0.120. The van der Waals surface area contributed by atoms with Gasteiger partial charge in [0.1, 0.15) is 29.4 Å². The van der Waals surface area contributed by atoms with Crippen molar-refractivity contribution in [2.24, 2.45) is 11.1 Å². The third-order valence-corrected chi connectivity index (χ3v) is 14.9. The molecule has 3 aliphatic rings. The van der Waals surface area contributed by atoms with E-state index in [0.29, 0.717) is 57.9 Å². The SMILES string of the molecule is COc1ccc(C(=O)N2CCC3(CCN(CCc4ccc(-c5cc6c(-c7cc(F)cc(N(CNC(=O)CN)C(=O)c8ccc(C(C)(C)O)cc8F)c7C)ncnc6[nH]5)cc4)CC3)CC2)cc1N1CCC(=O)NC1=O. The van der Waals surface area contributed by atoms with Gasteiger partial charge in [0.2, 0.25) is 11.8 Å². The second-order valence-corrected chi connectivity index (χ2v) is 19.9. The summed E-state index contributed by atoms with van der Waals surface area (Å²) in [7, 11) is 1.51. The van der Waals surface area contributed by atoms with Crippen molar-refractivity contribution < 1.29 is 42.6 Å².